The van der Waals surface area contributed by atoms with Gasteiger partial charge in [-0.15, -0.1) is 0 Å². The Morgan fingerprint density at radius 3 is 2.96 bits per heavy atom. The molecule has 1 atom stereocenters. The van der Waals surface area contributed by atoms with E-state index in [0.717, 1.165) is 43.9 Å². The SMILES string of the molecule is COc1cccc(CCNc2ccc(C(=O)N3CCCC(C)C3)nc2)c1. The normalized spacial score (nSPS) is 17.0. The summed E-state index contributed by atoms with van der Waals surface area (Å²) in [6.45, 7) is 4.67. The number of likely N-dealkylation sites (tertiary alicyclic amines) is 1. The Balaban J connectivity index is 1.51. The molecule has 5 nitrogen and oxygen atoms in total. The van der Waals surface area contributed by atoms with Crippen molar-refractivity contribution < 1.29 is 9.53 Å². The second kappa shape index (κ2) is 8.70. The van der Waals surface area contributed by atoms with Gasteiger partial charge in [-0.2, -0.15) is 0 Å². The molecule has 3 rings (SSSR count). The zero-order chi connectivity index (χ0) is 18.4. The maximum Gasteiger partial charge on any atom is 0.272 e. The fraction of sp³-hybridized carbons (Fsp3) is 0.429. The second-order valence-electron chi connectivity index (χ2n) is 6.96. The number of hydrogen-bond acceptors (Lipinski definition) is 4. The summed E-state index contributed by atoms with van der Waals surface area (Å²) in [5, 5.41) is 3.36. The summed E-state index contributed by atoms with van der Waals surface area (Å²) in [6, 6.07) is 11.8. The van der Waals surface area contributed by atoms with Crippen LogP contribution in [-0.4, -0.2) is 42.5 Å². The smallest absolute Gasteiger partial charge is 0.272 e. The average Bonchev–Trinajstić information content (AvgIpc) is 2.68. The molecular formula is C21H27N3O2. The van der Waals surface area contributed by atoms with E-state index >= 15 is 0 Å². The Morgan fingerprint density at radius 1 is 1.35 bits per heavy atom. The zero-order valence-corrected chi connectivity index (χ0v) is 15.6. The van der Waals surface area contributed by atoms with Crippen LogP contribution in [0.5, 0.6) is 5.75 Å². The number of carbonyl (C=O) groups excluding carboxylic acids is 1. The molecule has 0 radical (unpaired) electrons. The van der Waals surface area contributed by atoms with Gasteiger partial charge in [0.2, 0.25) is 0 Å². The summed E-state index contributed by atoms with van der Waals surface area (Å²) < 4.78 is 5.25. The predicted octanol–water partition coefficient (Wildman–Crippen LogP) is 3.62. The second-order valence-corrected chi connectivity index (χ2v) is 6.96. The number of aromatic nitrogens is 1. The van der Waals surface area contributed by atoms with E-state index in [1.54, 1.807) is 13.3 Å². The molecule has 0 saturated carbocycles. The molecule has 1 unspecified atom stereocenters. The van der Waals surface area contributed by atoms with Crippen molar-refractivity contribution in [2.45, 2.75) is 26.2 Å². The summed E-state index contributed by atoms with van der Waals surface area (Å²) in [6.07, 6.45) is 4.92. The van der Waals surface area contributed by atoms with Crippen molar-refractivity contribution in [3.63, 3.8) is 0 Å². The highest BCUT2D eigenvalue weighted by Gasteiger charge is 2.22. The van der Waals surface area contributed by atoms with Gasteiger partial charge in [0.05, 0.1) is 19.0 Å². The minimum absolute atomic E-state index is 0.0412. The predicted molar refractivity (Wildman–Crippen MR) is 104 cm³/mol. The maximum atomic E-state index is 12.5. The molecule has 1 saturated heterocycles. The minimum atomic E-state index is 0.0412. The van der Waals surface area contributed by atoms with Crippen LogP contribution < -0.4 is 10.1 Å². The highest BCUT2D eigenvalue weighted by atomic mass is 16.5. The number of ether oxygens (including phenoxy) is 1. The molecule has 2 aromatic rings. The van der Waals surface area contributed by atoms with Crippen molar-refractivity contribution >= 4 is 11.6 Å². The largest absolute Gasteiger partial charge is 0.497 e. The molecule has 1 aliphatic rings. The van der Waals surface area contributed by atoms with E-state index in [2.05, 4.69) is 23.3 Å². The highest BCUT2D eigenvalue weighted by molar-refractivity contribution is 5.92. The van der Waals surface area contributed by atoms with E-state index in [-0.39, 0.29) is 5.91 Å². The molecule has 1 aromatic carbocycles. The lowest BCUT2D eigenvalue weighted by molar-refractivity contribution is 0.0677. The van der Waals surface area contributed by atoms with Gasteiger partial charge in [0, 0.05) is 19.6 Å². The average molecular weight is 353 g/mol. The van der Waals surface area contributed by atoms with Crippen LogP contribution in [0.25, 0.3) is 0 Å². The summed E-state index contributed by atoms with van der Waals surface area (Å²) >= 11 is 0. The number of pyridine rings is 1. The van der Waals surface area contributed by atoms with Gasteiger partial charge < -0.3 is 15.0 Å². The number of hydrogen-bond donors (Lipinski definition) is 1. The van der Waals surface area contributed by atoms with E-state index in [9.17, 15) is 4.79 Å². The molecule has 0 aliphatic carbocycles. The monoisotopic (exact) mass is 353 g/mol. The van der Waals surface area contributed by atoms with E-state index in [1.807, 2.05) is 35.2 Å². The number of nitrogens with zero attached hydrogens (tertiary/aromatic N) is 2. The summed E-state index contributed by atoms with van der Waals surface area (Å²) in [4.78, 5) is 18.8. The lowest BCUT2D eigenvalue weighted by Crippen LogP contribution is -2.39. The van der Waals surface area contributed by atoms with Crippen molar-refractivity contribution in [1.29, 1.82) is 0 Å². The number of anilines is 1. The van der Waals surface area contributed by atoms with Crippen LogP contribution in [0.15, 0.2) is 42.6 Å². The van der Waals surface area contributed by atoms with Crippen LogP contribution in [0.4, 0.5) is 5.69 Å². The Morgan fingerprint density at radius 2 is 2.23 bits per heavy atom. The topological polar surface area (TPSA) is 54.5 Å². The first kappa shape index (κ1) is 18.2. The molecule has 0 spiro atoms. The van der Waals surface area contributed by atoms with Gasteiger partial charge in [0.1, 0.15) is 11.4 Å². The van der Waals surface area contributed by atoms with Crippen molar-refractivity contribution in [3.05, 3.63) is 53.9 Å². The molecule has 1 amide bonds. The standard InChI is InChI=1S/C21H27N3O2/c1-16-5-4-12-24(15-16)21(25)20-9-8-18(14-23-20)22-11-10-17-6-3-7-19(13-17)26-2/h3,6-9,13-14,16,22H,4-5,10-12,15H2,1-2H3. The Kier molecular flexibility index (Phi) is 6.10. The molecular weight excluding hydrogens is 326 g/mol. The van der Waals surface area contributed by atoms with E-state index in [1.165, 1.54) is 12.0 Å². The molecule has 26 heavy (non-hydrogen) atoms. The minimum Gasteiger partial charge on any atom is -0.497 e. The van der Waals surface area contributed by atoms with Gasteiger partial charge in [-0.1, -0.05) is 19.1 Å². The van der Waals surface area contributed by atoms with Gasteiger partial charge in [-0.05, 0) is 55.0 Å². The number of piperidine rings is 1. The van der Waals surface area contributed by atoms with E-state index < -0.39 is 0 Å². The van der Waals surface area contributed by atoms with Crippen LogP contribution in [0.1, 0.15) is 35.8 Å². The first-order chi connectivity index (χ1) is 12.7. The third kappa shape index (κ3) is 4.75. The Labute approximate surface area is 155 Å². The lowest BCUT2D eigenvalue weighted by atomic mass is 10.00. The molecule has 5 heteroatoms. The molecule has 1 aliphatic heterocycles. The number of amides is 1. The van der Waals surface area contributed by atoms with E-state index in [4.69, 9.17) is 4.74 Å². The van der Waals surface area contributed by atoms with Gasteiger partial charge in [-0.3, -0.25) is 4.79 Å². The number of rotatable bonds is 6. The van der Waals surface area contributed by atoms with Gasteiger partial charge in [0.15, 0.2) is 0 Å². The van der Waals surface area contributed by atoms with Crippen molar-refractivity contribution in [2.24, 2.45) is 5.92 Å². The third-order valence-corrected chi connectivity index (χ3v) is 4.80. The third-order valence-electron chi connectivity index (χ3n) is 4.80. The number of carbonyl (C=O) groups is 1. The molecule has 138 valence electrons. The maximum absolute atomic E-state index is 12.5. The first-order valence-electron chi connectivity index (χ1n) is 9.28. The van der Waals surface area contributed by atoms with Crippen LogP contribution >= 0.6 is 0 Å². The summed E-state index contributed by atoms with van der Waals surface area (Å²) in [5.41, 5.74) is 2.67. The van der Waals surface area contributed by atoms with Gasteiger partial charge >= 0.3 is 0 Å². The molecule has 1 aromatic heterocycles. The molecule has 2 heterocycles. The lowest BCUT2D eigenvalue weighted by Gasteiger charge is -2.30. The van der Waals surface area contributed by atoms with Crippen LogP contribution in [0.3, 0.4) is 0 Å². The molecule has 1 fully saturated rings. The zero-order valence-electron chi connectivity index (χ0n) is 15.6. The molecule has 1 N–H and O–H groups in total. The van der Waals surface area contributed by atoms with Crippen molar-refractivity contribution in [1.82, 2.24) is 9.88 Å². The quantitative estimate of drug-likeness (QED) is 0.862. The number of benzene rings is 1. The number of methoxy groups -OCH3 is 1. The van der Waals surface area contributed by atoms with Gasteiger partial charge in [0.25, 0.3) is 5.91 Å². The number of nitrogens with one attached hydrogen (secondary N) is 1. The Bertz CT molecular complexity index is 730. The fourth-order valence-electron chi connectivity index (χ4n) is 3.34. The van der Waals surface area contributed by atoms with Crippen LogP contribution in [-0.2, 0) is 6.42 Å². The Hall–Kier alpha value is -2.56. The van der Waals surface area contributed by atoms with Crippen LogP contribution in [0, 0.1) is 5.92 Å². The van der Waals surface area contributed by atoms with E-state index in [0.29, 0.717) is 11.6 Å². The summed E-state index contributed by atoms with van der Waals surface area (Å²) in [7, 11) is 1.68. The molecule has 0 bridgehead atoms. The van der Waals surface area contributed by atoms with Gasteiger partial charge in [-0.25, -0.2) is 4.98 Å². The summed E-state index contributed by atoms with van der Waals surface area (Å²) in [5.74, 6) is 1.49. The fourth-order valence-corrected chi connectivity index (χ4v) is 3.34. The van der Waals surface area contributed by atoms with Crippen molar-refractivity contribution in [3.8, 4) is 5.75 Å². The first-order valence-corrected chi connectivity index (χ1v) is 9.28. The van der Waals surface area contributed by atoms with Crippen molar-refractivity contribution in [2.75, 3.05) is 32.1 Å². The highest BCUT2D eigenvalue weighted by Crippen LogP contribution is 2.18. The van der Waals surface area contributed by atoms with Crippen LogP contribution in [0.2, 0.25) is 0 Å².